The Morgan fingerprint density at radius 1 is 0.280 bits per heavy atom. The number of aliphatic hydroxyl groups excluding tert-OH is 3. The van der Waals surface area contributed by atoms with Crippen LogP contribution in [-0.2, 0) is 25.6 Å². The molecule has 8 aromatic rings. The summed E-state index contributed by atoms with van der Waals surface area (Å²) in [5.74, 6) is 8.58. The lowest BCUT2D eigenvalue weighted by Crippen LogP contribution is -2.45. The van der Waals surface area contributed by atoms with E-state index in [-0.39, 0.29) is 42.7 Å². The fraction of sp³-hybridized carbons (Fsp3) is 0.516. The zero-order chi connectivity index (χ0) is 82.3. The van der Waals surface area contributed by atoms with E-state index in [0.717, 1.165) is 203 Å². The first-order chi connectivity index (χ1) is 58.1. The Hall–Kier alpha value is -8.34. The summed E-state index contributed by atoms with van der Waals surface area (Å²) >= 11 is 0. The largest absolute Gasteiger partial charge is 0.493 e. The van der Waals surface area contributed by atoms with Crippen molar-refractivity contribution in [3.63, 3.8) is 0 Å². The number of rotatable bonds is 30. The zero-order valence-electron chi connectivity index (χ0n) is 69.9. The molecule has 118 heavy (non-hydrogen) atoms. The Bertz CT molecular complexity index is 3530. The van der Waals surface area contributed by atoms with Gasteiger partial charge in [0.2, 0.25) is 0 Å². The summed E-state index contributed by atoms with van der Waals surface area (Å²) in [6.45, 7) is 25.5. The van der Waals surface area contributed by atoms with E-state index in [1.54, 1.807) is 24.8 Å². The molecule has 0 saturated carbocycles. The molecule has 14 unspecified atom stereocenters. The third kappa shape index (κ3) is 40.1. The molecule has 0 bridgehead atoms. The van der Waals surface area contributed by atoms with Crippen LogP contribution in [0.25, 0.3) is 0 Å². The van der Waals surface area contributed by atoms with Crippen LogP contribution in [-0.4, -0.2) is 225 Å². The molecule has 0 aliphatic carbocycles. The second-order valence-electron chi connectivity index (χ2n) is 31.0. The highest BCUT2D eigenvalue weighted by molar-refractivity contribution is 5.25. The number of nitrogens with zero attached hydrogens (tertiary/aromatic N) is 2. The number of para-hydroxylation sites is 5. The topological polar surface area (TPSA) is 272 Å². The summed E-state index contributed by atoms with van der Waals surface area (Å²) in [4.78, 5) is 8.01. The first kappa shape index (κ1) is 93.5. The maximum absolute atomic E-state index is 9.46. The Balaban J connectivity index is 0.000000158. The Morgan fingerprint density at radius 3 is 0.915 bits per heavy atom. The Morgan fingerprint density at radius 2 is 0.568 bits per heavy atom. The van der Waals surface area contributed by atoms with E-state index in [1.807, 2.05) is 201 Å². The van der Waals surface area contributed by atoms with Crippen LogP contribution in [0.5, 0.6) is 40.2 Å². The molecular weight excluding hydrogens is 1490 g/mol. The van der Waals surface area contributed by atoms with Crippen molar-refractivity contribution in [2.24, 2.45) is 29.6 Å². The molecule has 7 aliphatic rings. The zero-order valence-corrected chi connectivity index (χ0v) is 69.9. The van der Waals surface area contributed by atoms with Gasteiger partial charge in [-0.2, -0.15) is 0 Å². The molecule has 23 nitrogen and oxygen atoms in total. The number of piperidine rings is 7. The predicted octanol–water partition coefficient (Wildman–Crippen LogP) is 11.7. The van der Waals surface area contributed by atoms with E-state index in [2.05, 4.69) is 73.2 Å². The van der Waals surface area contributed by atoms with Gasteiger partial charge < -0.3 is 105 Å². The van der Waals surface area contributed by atoms with Crippen molar-refractivity contribution in [3.8, 4) is 40.2 Å². The maximum Gasteiger partial charge on any atom is 0.137 e. The van der Waals surface area contributed by atoms with Crippen LogP contribution in [0.1, 0.15) is 84.1 Å². The summed E-state index contributed by atoms with van der Waals surface area (Å²) in [6.07, 6.45) is 16.4. The van der Waals surface area contributed by atoms with E-state index in [0.29, 0.717) is 87.7 Å². The number of benzene rings is 6. The first-order valence-corrected chi connectivity index (χ1v) is 43.1. The van der Waals surface area contributed by atoms with Gasteiger partial charge in [0, 0.05) is 166 Å². The van der Waals surface area contributed by atoms with Gasteiger partial charge in [0.25, 0.3) is 0 Å². The average Bonchev–Trinajstić information content (AvgIpc) is 0.876. The lowest BCUT2D eigenvalue weighted by Gasteiger charge is -2.30. The molecule has 644 valence electrons. The monoisotopic (exact) mass is 1630 g/mol. The predicted molar refractivity (Wildman–Crippen MR) is 465 cm³/mol. The lowest BCUT2D eigenvalue weighted by atomic mass is 9.98. The molecule has 10 N–H and O–H groups in total. The normalized spacial score (nSPS) is 24.6. The van der Waals surface area contributed by atoms with Gasteiger partial charge in [-0.15, -0.1) is 0 Å². The first-order valence-electron chi connectivity index (χ1n) is 43.1. The molecule has 23 heteroatoms. The fourth-order valence-electron chi connectivity index (χ4n) is 14.5. The highest BCUT2D eigenvalue weighted by atomic mass is 16.5. The molecule has 7 saturated heterocycles. The minimum Gasteiger partial charge on any atom is -0.493 e. The third-order valence-corrected chi connectivity index (χ3v) is 20.5. The third-order valence-electron chi connectivity index (χ3n) is 20.5. The van der Waals surface area contributed by atoms with E-state index in [4.69, 9.17) is 52.1 Å². The van der Waals surface area contributed by atoms with E-state index in [9.17, 15) is 15.3 Å². The van der Waals surface area contributed by atoms with Gasteiger partial charge in [0.05, 0.1) is 94.8 Å². The summed E-state index contributed by atoms with van der Waals surface area (Å²) in [5, 5.41) is 51.4. The summed E-state index contributed by atoms with van der Waals surface area (Å²) in [6, 6.07) is 67.4. The molecule has 14 atom stereocenters. The molecule has 0 spiro atoms. The van der Waals surface area contributed by atoms with Crippen LogP contribution in [0.15, 0.2) is 231 Å². The molecule has 15 rings (SSSR count). The highest BCUT2D eigenvalue weighted by Crippen LogP contribution is 2.24. The van der Waals surface area contributed by atoms with Gasteiger partial charge in [-0.25, -0.2) is 0 Å². The number of pyridine rings is 2. The van der Waals surface area contributed by atoms with Crippen molar-refractivity contribution in [3.05, 3.63) is 237 Å². The molecule has 7 aliphatic heterocycles. The summed E-state index contributed by atoms with van der Waals surface area (Å²) in [7, 11) is 0. The van der Waals surface area contributed by atoms with Crippen LogP contribution in [0.4, 0.5) is 0 Å². The summed E-state index contributed by atoms with van der Waals surface area (Å²) < 4.78 is 63.4. The number of aromatic nitrogens is 2. The quantitative estimate of drug-likeness (QED) is 0.0200. The van der Waals surface area contributed by atoms with Crippen molar-refractivity contribution in [1.82, 2.24) is 47.2 Å². The van der Waals surface area contributed by atoms with Crippen LogP contribution >= 0.6 is 0 Å². The van der Waals surface area contributed by atoms with Gasteiger partial charge in [0.15, 0.2) is 0 Å². The Kier molecular flexibility index (Phi) is 45.8. The molecular formula is C95H135N9O14. The van der Waals surface area contributed by atoms with Crippen LogP contribution in [0.3, 0.4) is 0 Å². The molecule has 2 aromatic heterocycles. The van der Waals surface area contributed by atoms with Crippen molar-refractivity contribution in [1.29, 1.82) is 0 Å². The second kappa shape index (κ2) is 57.8. The lowest BCUT2D eigenvalue weighted by molar-refractivity contribution is 0.00485. The minimum atomic E-state index is -0.280. The van der Waals surface area contributed by atoms with E-state index < -0.39 is 0 Å². The van der Waals surface area contributed by atoms with E-state index >= 15 is 0 Å². The molecule has 0 radical (unpaired) electrons. The molecule has 0 amide bonds. The van der Waals surface area contributed by atoms with Gasteiger partial charge in [-0.05, 0) is 142 Å². The van der Waals surface area contributed by atoms with Gasteiger partial charge >= 0.3 is 0 Å². The number of β-amino-alcohol motifs (C(OH)–C–C–N with tert-alkyl or cyclic N) is 3. The average molecular weight is 1630 g/mol. The van der Waals surface area contributed by atoms with Crippen molar-refractivity contribution >= 4 is 0 Å². The maximum atomic E-state index is 9.46. The molecule has 6 aromatic carbocycles. The highest BCUT2D eigenvalue weighted by Gasteiger charge is 2.28. The minimum absolute atomic E-state index is 0.0844. The Labute approximate surface area is 702 Å². The van der Waals surface area contributed by atoms with Gasteiger partial charge in [-0.1, -0.05) is 135 Å². The van der Waals surface area contributed by atoms with Crippen LogP contribution in [0, 0.1) is 29.6 Å². The van der Waals surface area contributed by atoms with Crippen LogP contribution < -0.4 is 70.4 Å². The second-order valence-corrected chi connectivity index (χ2v) is 31.0. The SMILES string of the molecule is CCCOC1CNCC(COc2ccccc2)C1.CCCOC1CNCC(COc2cccnc2)C1.CCOC1CNCC(Oc2ccccc2)C1.OC1CNCC(COc2ccccc2)C1.OC1CNCC(COc2cccnc2)C1.OC1CNCC(Oc2ccccc2)C1.c1ccc(COC2CNCC(COc3ccccc3)C2)cc1. The fourth-order valence-corrected chi connectivity index (χ4v) is 14.5. The smallest absolute Gasteiger partial charge is 0.137 e. The number of hydrogen-bond donors (Lipinski definition) is 10. The van der Waals surface area contributed by atoms with Crippen LogP contribution in [0.2, 0.25) is 0 Å². The van der Waals surface area contributed by atoms with Gasteiger partial charge in [-0.3, -0.25) is 9.97 Å². The number of nitrogens with one attached hydrogen (secondary N) is 7. The van der Waals surface area contributed by atoms with Gasteiger partial charge in [0.1, 0.15) is 52.5 Å². The van der Waals surface area contributed by atoms with Crippen molar-refractivity contribution in [2.75, 3.05) is 144 Å². The number of ether oxygens (including phenoxy) is 11. The molecule has 7 fully saturated rings. The van der Waals surface area contributed by atoms with Crippen molar-refractivity contribution < 1.29 is 67.4 Å². The number of aliphatic hydroxyl groups is 3. The number of hydrogen-bond acceptors (Lipinski definition) is 23. The van der Waals surface area contributed by atoms with E-state index in [1.165, 1.54) is 5.56 Å². The molecule has 9 heterocycles. The standard InChI is InChI=1S/C19H23NO2.C15H23NO2.C14H22N2O2.C13H19NO2.C12H17NO2.C11H16N2O2.C11H15NO2/c1-3-7-16(8-4-1)14-22-19-11-17(12-20-13-19)15-21-18-9-5-2-6-10-18;1-2-8-17-15-9-13(10-16-11-15)12-18-14-6-4-3-5-7-14;1-2-6-17-14-7-12(8-16-10-14)11-18-13-4-3-5-15-9-13;1-2-15-12-8-13(10-14-9-12)16-11-6-4-3-5-7-11;14-11-6-10(7-13-8-11)9-15-12-4-2-1-3-5-12;14-10-4-9(5-13-6-10)8-15-11-2-1-3-12-7-11;13-9-6-11(8-12-7-9)14-10-4-2-1-3-5-10/h1-10,17,19-20H,11-15H2;3-7,13,15-16H,2,8-12H2,1H3;3-5,9,12,14,16H,2,6-8,10-11H2,1H3;3-7,12-14H,2,8-10H2,1H3;1-5,10-11,13-14H,6-9H2;1-3,7,9-10,13-14H,4-6,8H2;1-5,9,11-13H,6-8H2. The summed E-state index contributed by atoms with van der Waals surface area (Å²) in [5.41, 5.74) is 1.23. The van der Waals surface area contributed by atoms with Crippen molar-refractivity contribution in [2.45, 2.75) is 140 Å².